The van der Waals surface area contributed by atoms with Gasteiger partial charge in [-0.1, -0.05) is 0 Å². The monoisotopic (exact) mass is 341 g/mol. The molecule has 2 heterocycles. The first-order chi connectivity index (χ1) is 12.2. The molecule has 1 aliphatic rings. The second-order valence-electron chi connectivity index (χ2n) is 5.79. The molecule has 0 radical (unpaired) electrons. The second kappa shape index (κ2) is 7.92. The Bertz CT molecular complexity index is 749. The number of ether oxygens (including phenoxy) is 2. The number of carbonyl (C=O) groups is 1. The maximum absolute atomic E-state index is 12.4. The molecule has 132 valence electrons. The number of hydrogen-bond donors (Lipinski definition) is 0. The molecule has 0 saturated heterocycles. The van der Waals surface area contributed by atoms with Crippen LogP contribution in [0.4, 0.5) is 0 Å². The third-order valence-corrected chi connectivity index (χ3v) is 4.12. The van der Waals surface area contributed by atoms with Gasteiger partial charge in [0.2, 0.25) is 5.91 Å². The predicted molar refractivity (Wildman–Crippen MR) is 95.6 cm³/mol. The van der Waals surface area contributed by atoms with Gasteiger partial charge in [-0.15, -0.1) is 0 Å². The first-order valence-corrected chi connectivity index (χ1v) is 8.63. The average Bonchev–Trinajstić information content (AvgIpc) is 3.14. The Balaban J connectivity index is 1.75. The van der Waals surface area contributed by atoms with Crippen LogP contribution in [0.25, 0.3) is 6.08 Å². The van der Waals surface area contributed by atoms with Gasteiger partial charge in [-0.05, 0) is 61.7 Å². The van der Waals surface area contributed by atoms with Crippen molar-refractivity contribution in [3.63, 3.8) is 0 Å². The Morgan fingerprint density at radius 1 is 1.20 bits per heavy atom. The summed E-state index contributed by atoms with van der Waals surface area (Å²) in [5.74, 6) is 2.17. The number of amides is 1. The molecule has 0 atom stereocenters. The lowest BCUT2D eigenvalue weighted by Gasteiger charge is -2.29. The smallest absolute Gasteiger partial charge is 0.246 e. The molecule has 1 amide bonds. The number of hydrogen-bond acceptors (Lipinski definition) is 4. The van der Waals surface area contributed by atoms with E-state index < -0.39 is 0 Å². The van der Waals surface area contributed by atoms with Crippen molar-refractivity contribution in [2.24, 2.45) is 0 Å². The minimum absolute atomic E-state index is 0.0195. The zero-order valence-corrected chi connectivity index (χ0v) is 14.7. The van der Waals surface area contributed by atoms with Crippen LogP contribution in [0.5, 0.6) is 11.5 Å². The van der Waals surface area contributed by atoms with Crippen molar-refractivity contribution in [1.29, 1.82) is 0 Å². The van der Waals surface area contributed by atoms with Crippen molar-refractivity contribution in [2.45, 2.75) is 26.8 Å². The van der Waals surface area contributed by atoms with Crippen LogP contribution in [0.3, 0.4) is 0 Å². The molecule has 1 aromatic heterocycles. The summed E-state index contributed by atoms with van der Waals surface area (Å²) in [4.78, 5) is 14.3. The molecule has 3 rings (SSSR count). The van der Waals surface area contributed by atoms with Gasteiger partial charge in [-0.2, -0.15) is 0 Å². The van der Waals surface area contributed by atoms with Crippen LogP contribution in [-0.2, 0) is 17.8 Å². The number of rotatable bonds is 6. The Morgan fingerprint density at radius 2 is 1.92 bits per heavy atom. The zero-order valence-electron chi connectivity index (χ0n) is 14.7. The fourth-order valence-electron chi connectivity index (χ4n) is 2.93. The predicted octanol–water partition coefficient (Wildman–Crippen LogP) is 3.68. The Kier molecular flexibility index (Phi) is 5.43. The van der Waals surface area contributed by atoms with Crippen molar-refractivity contribution in [2.75, 3.05) is 19.8 Å². The first kappa shape index (κ1) is 17.1. The molecule has 2 aromatic rings. The van der Waals surface area contributed by atoms with Crippen molar-refractivity contribution in [3.8, 4) is 11.5 Å². The molecule has 0 aliphatic carbocycles. The highest BCUT2D eigenvalue weighted by Gasteiger charge is 2.22. The van der Waals surface area contributed by atoms with Crippen molar-refractivity contribution in [1.82, 2.24) is 4.90 Å². The van der Waals surface area contributed by atoms with Crippen LogP contribution in [0.2, 0.25) is 0 Å². The van der Waals surface area contributed by atoms with E-state index in [0.717, 1.165) is 23.5 Å². The fourth-order valence-corrected chi connectivity index (χ4v) is 2.93. The molecule has 5 nitrogen and oxygen atoms in total. The molecule has 0 bridgehead atoms. The van der Waals surface area contributed by atoms with E-state index >= 15 is 0 Å². The van der Waals surface area contributed by atoms with Crippen molar-refractivity contribution in [3.05, 3.63) is 53.5 Å². The summed E-state index contributed by atoms with van der Waals surface area (Å²) < 4.78 is 16.6. The second-order valence-corrected chi connectivity index (χ2v) is 5.79. The molecule has 5 heteroatoms. The first-order valence-electron chi connectivity index (χ1n) is 8.63. The van der Waals surface area contributed by atoms with Crippen LogP contribution in [0.15, 0.2) is 41.0 Å². The van der Waals surface area contributed by atoms with Crippen LogP contribution in [-0.4, -0.2) is 30.6 Å². The molecule has 1 aromatic carbocycles. The van der Waals surface area contributed by atoms with Gasteiger partial charge < -0.3 is 18.8 Å². The van der Waals surface area contributed by atoms with Gasteiger partial charge in [0.15, 0.2) is 11.5 Å². The Labute approximate surface area is 147 Å². The molecule has 0 spiro atoms. The molecule has 0 fully saturated rings. The normalized spacial score (nSPS) is 13.8. The summed E-state index contributed by atoms with van der Waals surface area (Å²) in [5.41, 5.74) is 2.32. The molecule has 0 saturated carbocycles. The SMILES string of the molecule is CCOc1cc2c(cc1OCC)CN(C(=O)/C=C/c1ccco1)CC2. The maximum Gasteiger partial charge on any atom is 0.246 e. The topological polar surface area (TPSA) is 51.9 Å². The standard InChI is InChI=1S/C20H23NO4/c1-3-23-18-12-15-9-10-21(14-16(15)13-19(18)24-4-2)20(22)8-7-17-6-5-11-25-17/h5-8,11-13H,3-4,9-10,14H2,1-2H3/b8-7+. The average molecular weight is 341 g/mol. The Hall–Kier alpha value is -2.69. The molecule has 0 N–H and O–H groups in total. The summed E-state index contributed by atoms with van der Waals surface area (Å²) >= 11 is 0. The van der Waals surface area contributed by atoms with Crippen LogP contribution in [0, 0.1) is 0 Å². The quantitative estimate of drug-likeness (QED) is 0.752. The number of carbonyl (C=O) groups excluding carboxylic acids is 1. The van der Waals surface area contributed by atoms with E-state index in [1.165, 1.54) is 5.56 Å². The lowest BCUT2D eigenvalue weighted by atomic mass is 9.98. The third kappa shape index (κ3) is 4.05. The van der Waals surface area contributed by atoms with Gasteiger partial charge in [0, 0.05) is 19.2 Å². The van der Waals surface area contributed by atoms with Gasteiger partial charge in [0.05, 0.1) is 19.5 Å². The van der Waals surface area contributed by atoms with Crippen molar-refractivity contribution < 1.29 is 18.7 Å². The maximum atomic E-state index is 12.4. The highest BCUT2D eigenvalue weighted by Crippen LogP contribution is 2.34. The van der Waals surface area contributed by atoms with E-state index in [-0.39, 0.29) is 5.91 Å². The molecule has 1 aliphatic heterocycles. The van der Waals surface area contributed by atoms with Gasteiger partial charge in [0.25, 0.3) is 0 Å². The number of nitrogens with zero attached hydrogens (tertiary/aromatic N) is 1. The minimum Gasteiger partial charge on any atom is -0.490 e. The van der Waals surface area contributed by atoms with Gasteiger partial charge >= 0.3 is 0 Å². The fraction of sp³-hybridized carbons (Fsp3) is 0.350. The highest BCUT2D eigenvalue weighted by molar-refractivity contribution is 5.91. The summed E-state index contributed by atoms with van der Waals surface area (Å²) in [6.45, 7) is 6.34. The Morgan fingerprint density at radius 3 is 2.56 bits per heavy atom. The van der Waals surface area contributed by atoms with Crippen LogP contribution >= 0.6 is 0 Å². The third-order valence-electron chi connectivity index (χ3n) is 4.12. The summed E-state index contributed by atoms with van der Waals surface area (Å²) in [7, 11) is 0. The largest absolute Gasteiger partial charge is 0.490 e. The summed E-state index contributed by atoms with van der Waals surface area (Å²) in [5, 5.41) is 0. The summed E-state index contributed by atoms with van der Waals surface area (Å²) in [6, 6.07) is 7.66. The van der Waals surface area contributed by atoms with E-state index in [9.17, 15) is 4.79 Å². The van der Waals surface area contributed by atoms with E-state index in [4.69, 9.17) is 13.9 Å². The van der Waals surface area contributed by atoms with E-state index in [1.54, 1.807) is 24.5 Å². The van der Waals surface area contributed by atoms with Crippen molar-refractivity contribution >= 4 is 12.0 Å². The lowest BCUT2D eigenvalue weighted by Crippen LogP contribution is -2.34. The molecule has 0 unspecified atom stereocenters. The van der Waals surface area contributed by atoms with E-state index in [0.29, 0.717) is 32.1 Å². The van der Waals surface area contributed by atoms with Gasteiger partial charge in [-0.3, -0.25) is 4.79 Å². The van der Waals surface area contributed by atoms with Crippen LogP contribution in [0.1, 0.15) is 30.7 Å². The highest BCUT2D eigenvalue weighted by atomic mass is 16.5. The van der Waals surface area contributed by atoms with Gasteiger partial charge in [-0.25, -0.2) is 0 Å². The minimum atomic E-state index is -0.0195. The van der Waals surface area contributed by atoms with E-state index in [2.05, 4.69) is 0 Å². The molecular weight excluding hydrogens is 318 g/mol. The van der Waals surface area contributed by atoms with Gasteiger partial charge in [0.1, 0.15) is 5.76 Å². The zero-order chi connectivity index (χ0) is 17.6. The van der Waals surface area contributed by atoms with Crippen LogP contribution < -0.4 is 9.47 Å². The number of fused-ring (bicyclic) bond motifs is 1. The van der Waals surface area contributed by atoms with E-state index in [1.807, 2.05) is 36.9 Å². The number of benzene rings is 1. The number of furan rings is 1. The lowest BCUT2D eigenvalue weighted by molar-refractivity contribution is -0.126. The molecule has 25 heavy (non-hydrogen) atoms. The molecular formula is C20H23NO4. The summed E-state index contributed by atoms with van der Waals surface area (Å²) in [6.07, 6.45) is 5.65.